The molecule has 0 atom stereocenters. The van der Waals surface area contributed by atoms with Gasteiger partial charge in [-0.2, -0.15) is 0 Å². The van der Waals surface area contributed by atoms with Crippen molar-refractivity contribution in [2.45, 2.75) is 96.3 Å². The number of allylic oxidation sites excluding steroid dienone is 1. The summed E-state index contributed by atoms with van der Waals surface area (Å²) in [7, 11) is 0. The van der Waals surface area contributed by atoms with Crippen molar-refractivity contribution < 1.29 is 4.39 Å². The molecule has 0 N–H and O–H groups in total. The number of rotatable bonds is 8. The lowest BCUT2D eigenvalue weighted by Gasteiger charge is -2.31. The third-order valence-corrected chi connectivity index (χ3v) is 7.34. The lowest BCUT2D eigenvalue weighted by atomic mass is 9.74. The fraction of sp³-hybridized carbons (Fsp3) is 0.692. The summed E-state index contributed by atoms with van der Waals surface area (Å²) in [5.41, 5.74) is 3.08. The minimum Gasteiger partial charge on any atom is -0.216 e. The Kier molecular flexibility index (Phi) is 8.42. The van der Waals surface area contributed by atoms with E-state index in [1.807, 2.05) is 0 Å². The maximum atomic E-state index is 12.3. The molecule has 0 aromatic heterocycles. The fourth-order valence-corrected chi connectivity index (χ4v) is 5.37. The van der Waals surface area contributed by atoms with Crippen molar-refractivity contribution in [2.24, 2.45) is 17.8 Å². The van der Waals surface area contributed by atoms with Crippen molar-refractivity contribution in [1.29, 1.82) is 0 Å². The minimum absolute atomic E-state index is 0.509. The van der Waals surface area contributed by atoms with E-state index in [0.717, 1.165) is 24.1 Å². The zero-order chi connectivity index (χ0) is 18.9. The van der Waals surface area contributed by atoms with Gasteiger partial charge in [-0.3, -0.25) is 0 Å². The highest BCUT2D eigenvalue weighted by molar-refractivity contribution is 5.26. The molecule has 0 bridgehead atoms. The minimum atomic E-state index is 0.509. The van der Waals surface area contributed by atoms with Gasteiger partial charge < -0.3 is 0 Å². The Morgan fingerprint density at radius 1 is 0.852 bits per heavy atom. The molecular formula is C26H39F. The van der Waals surface area contributed by atoms with Crippen LogP contribution in [-0.4, -0.2) is 0 Å². The summed E-state index contributed by atoms with van der Waals surface area (Å²) in [6.45, 7) is 2.27. The average Bonchev–Trinajstić information content (AvgIpc) is 2.73. The van der Waals surface area contributed by atoms with Crippen LogP contribution in [0.1, 0.15) is 101 Å². The standard InChI is InChI=1S/C26H39F/c1-2-3-4-21-11-15-25(16-12-21)26-17-13-23(14-18-26)6-5-22-7-9-24(10-8-22)19-20-27/h11-12,15-16,19-20,22-24,26H,2-10,13-14,17-18H2,1H3/t22-,23-,24-,26-. The van der Waals surface area contributed by atoms with E-state index in [9.17, 15) is 4.39 Å². The summed E-state index contributed by atoms with van der Waals surface area (Å²) < 4.78 is 12.3. The Labute approximate surface area is 166 Å². The quantitative estimate of drug-likeness (QED) is 0.431. The Morgan fingerprint density at radius 2 is 1.44 bits per heavy atom. The Morgan fingerprint density at radius 3 is 2.00 bits per heavy atom. The van der Waals surface area contributed by atoms with Gasteiger partial charge in [0.2, 0.25) is 0 Å². The molecular weight excluding hydrogens is 331 g/mol. The Hall–Kier alpha value is -1.11. The van der Waals surface area contributed by atoms with Crippen molar-refractivity contribution >= 4 is 0 Å². The molecule has 0 heterocycles. The summed E-state index contributed by atoms with van der Waals surface area (Å²) >= 11 is 0. The molecule has 2 aliphatic carbocycles. The molecule has 1 aromatic carbocycles. The molecule has 1 aromatic rings. The Balaban J connectivity index is 1.35. The molecule has 0 radical (unpaired) electrons. The zero-order valence-corrected chi connectivity index (χ0v) is 17.3. The molecule has 3 rings (SSSR count). The summed E-state index contributed by atoms with van der Waals surface area (Å²) in [4.78, 5) is 0. The van der Waals surface area contributed by atoms with Crippen LogP contribution in [0.15, 0.2) is 36.7 Å². The van der Waals surface area contributed by atoms with Crippen LogP contribution in [-0.2, 0) is 6.42 Å². The molecule has 0 saturated heterocycles. The largest absolute Gasteiger partial charge is 0.216 e. The van der Waals surface area contributed by atoms with Crippen LogP contribution in [0.5, 0.6) is 0 Å². The number of hydrogen-bond acceptors (Lipinski definition) is 0. The van der Waals surface area contributed by atoms with Crippen LogP contribution in [0.25, 0.3) is 0 Å². The van der Waals surface area contributed by atoms with E-state index >= 15 is 0 Å². The molecule has 0 unspecified atom stereocenters. The van der Waals surface area contributed by atoms with Crippen molar-refractivity contribution in [3.05, 3.63) is 47.8 Å². The van der Waals surface area contributed by atoms with Gasteiger partial charge in [0.25, 0.3) is 0 Å². The van der Waals surface area contributed by atoms with Gasteiger partial charge in [0.15, 0.2) is 0 Å². The predicted molar refractivity (Wildman–Crippen MR) is 115 cm³/mol. The van der Waals surface area contributed by atoms with Crippen molar-refractivity contribution in [1.82, 2.24) is 0 Å². The maximum absolute atomic E-state index is 12.3. The molecule has 2 fully saturated rings. The van der Waals surface area contributed by atoms with Crippen LogP contribution in [0.2, 0.25) is 0 Å². The van der Waals surface area contributed by atoms with Crippen LogP contribution >= 0.6 is 0 Å². The summed E-state index contributed by atoms with van der Waals surface area (Å²) in [5, 5.41) is 0. The van der Waals surface area contributed by atoms with Gasteiger partial charge in [0.1, 0.15) is 0 Å². The second-order valence-corrected chi connectivity index (χ2v) is 9.24. The van der Waals surface area contributed by atoms with E-state index in [0.29, 0.717) is 5.92 Å². The van der Waals surface area contributed by atoms with Crippen molar-refractivity contribution in [2.75, 3.05) is 0 Å². The first kappa shape index (κ1) is 20.6. The monoisotopic (exact) mass is 370 g/mol. The fourth-order valence-electron chi connectivity index (χ4n) is 5.37. The number of benzene rings is 1. The molecule has 27 heavy (non-hydrogen) atoms. The summed E-state index contributed by atoms with van der Waals surface area (Å²) in [6, 6.07) is 9.54. The first-order valence-electron chi connectivity index (χ1n) is 11.6. The van der Waals surface area contributed by atoms with Gasteiger partial charge in [0.05, 0.1) is 6.33 Å². The van der Waals surface area contributed by atoms with Gasteiger partial charge in [-0.25, -0.2) is 4.39 Å². The van der Waals surface area contributed by atoms with Crippen molar-refractivity contribution in [3.8, 4) is 0 Å². The number of aryl methyl sites for hydroxylation is 1. The number of halogens is 1. The van der Waals surface area contributed by atoms with Gasteiger partial charge in [-0.15, -0.1) is 0 Å². The van der Waals surface area contributed by atoms with Gasteiger partial charge in [-0.05, 0) is 99.0 Å². The van der Waals surface area contributed by atoms with Crippen LogP contribution in [0.3, 0.4) is 0 Å². The van der Waals surface area contributed by atoms with E-state index in [4.69, 9.17) is 0 Å². The molecule has 150 valence electrons. The van der Waals surface area contributed by atoms with E-state index in [2.05, 4.69) is 31.2 Å². The lowest BCUT2D eigenvalue weighted by molar-refractivity contribution is 0.245. The highest BCUT2D eigenvalue weighted by Crippen LogP contribution is 2.40. The third-order valence-electron chi connectivity index (χ3n) is 7.34. The number of unbranched alkanes of at least 4 members (excludes halogenated alkanes) is 1. The van der Waals surface area contributed by atoms with Gasteiger partial charge in [0, 0.05) is 0 Å². The molecule has 1 heteroatoms. The van der Waals surface area contributed by atoms with Gasteiger partial charge >= 0.3 is 0 Å². The predicted octanol–water partition coefficient (Wildman–Crippen LogP) is 8.37. The van der Waals surface area contributed by atoms with E-state index in [-0.39, 0.29) is 0 Å². The normalized spacial score (nSPS) is 29.3. The van der Waals surface area contributed by atoms with Crippen molar-refractivity contribution in [3.63, 3.8) is 0 Å². The molecule has 2 saturated carbocycles. The molecule has 0 amide bonds. The first-order chi connectivity index (χ1) is 13.3. The topological polar surface area (TPSA) is 0 Å². The Bertz CT molecular complexity index is 542. The highest BCUT2D eigenvalue weighted by atomic mass is 19.1. The average molecular weight is 371 g/mol. The molecule has 0 nitrogen and oxygen atoms in total. The molecule has 2 aliphatic rings. The summed E-state index contributed by atoms with van der Waals surface area (Å²) in [5.74, 6) is 3.16. The SMILES string of the molecule is CCCCc1ccc([C@H]2CC[C@H](CC[C@H]3CC[C@H](C=CF)CC3)CC2)cc1. The smallest absolute Gasteiger partial charge is 0.0829 e. The van der Waals surface area contributed by atoms with E-state index < -0.39 is 0 Å². The second kappa shape index (κ2) is 11.0. The lowest BCUT2D eigenvalue weighted by Crippen LogP contribution is -2.17. The van der Waals surface area contributed by atoms with Crippen LogP contribution in [0, 0.1) is 17.8 Å². The second-order valence-electron chi connectivity index (χ2n) is 9.24. The first-order valence-corrected chi connectivity index (χ1v) is 11.6. The van der Waals surface area contributed by atoms with Crippen LogP contribution in [0.4, 0.5) is 4.39 Å². The molecule has 0 spiro atoms. The van der Waals surface area contributed by atoms with Gasteiger partial charge in [-0.1, -0.05) is 56.5 Å². The van der Waals surface area contributed by atoms with E-state index in [1.54, 1.807) is 11.6 Å². The maximum Gasteiger partial charge on any atom is 0.0829 e. The van der Waals surface area contributed by atoms with E-state index in [1.165, 1.54) is 89.0 Å². The van der Waals surface area contributed by atoms with Crippen LogP contribution < -0.4 is 0 Å². The summed E-state index contributed by atoms with van der Waals surface area (Å²) in [6.07, 6.45) is 19.8. The number of hydrogen-bond donors (Lipinski definition) is 0. The highest BCUT2D eigenvalue weighted by Gasteiger charge is 2.24. The third kappa shape index (κ3) is 6.47. The zero-order valence-electron chi connectivity index (χ0n) is 17.3. The molecule has 0 aliphatic heterocycles.